The number of fused-ring (bicyclic) bond motifs is 1. The molecule has 1 unspecified atom stereocenters. The molecule has 0 radical (unpaired) electrons. The average molecular weight is 264 g/mol. The van der Waals surface area contributed by atoms with Crippen LogP contribution in [0.5, 0.6) is 0 Å². The van der Waals surface area contributed by atoms with Gasteiger partial charge >= 0.3 is 0 Å². The zero-order valence-electron chi connectivity index (χ0n) is 11.4. The fourth-order valence-corrected chi connectivity index (χ4v) is 3.18. The van der Waals surface area contributed by atoms with E-state index in [1.54, 1.807) is 16.7 Å². The van der Waals surface area contributed by atoms with Crippen LogP contribution in [0.2, 0.25) is 0 Å². The number of nitrogens with zero attached hydrogens (tertiary/aromatic N) is 1. The van der Waals surface area contributed by atoms with E-state index < -0.39 is 0 Å². The number of thioether (sulfide) groups is 1. The van der Waals surface area contributed by atoms with Crippen LogP contribution in [0.4, 0.5) is 5.69 Å². The van der Waals surface area contributed by atoms with E-state index in [0.717, 1.165) is 12.2 Å². The topological polar surface area (TPSA) is 32.3 Å². The van der Waals surface area contributed by atoms with Crippen molar-refractivity contribution in [1.29, 1.82) is 0 Å². The molecule has 1 heterocycles. The molecule has 0 saturated carbocycles. The third-order valence-electron chi connectivity index (χ3n) is 3.08. The van der Waals surface area contributed by atoms with Crippen LogP contribution >= 0.6 is 11.8 Å². The summed E-state index contributed by atoms with van der Waals surface area (Å²) in [4.78, 5) is 14.8. The molecule has 1 aliphatic rings. The number of nitrogens with one attached hydrogen (secondary N) is 1. The molecule has 0 bridgehead atoms. The first-order valence-electron chi connectivity index (χ1n) is 6.29. The molecule has 1 aliphatic heterocycles. The second-order valence-corrected chi connectivity index (χ2v) is 6.38. The van der Waals surface area contributed by atoms with Gasteiger partial charge in [-0.3, -0.25) is 4.79 Å². The molecule has 1 amide bonds. The van der Waals surface area contributed by atoms with E-state index in [-0.39, 0.29) is 11.2 Å². The first kappa shape index (κ1) is 13.4. The van der Waals surface area contributed by atoms with Gasteiger partial charge in [0.25, 0.3) is 0 Å². The molecule has 1 atom stereocenters. The maximum Gasteiger partial charge on any atom is 0.239 e. The third kappa shape index (κ3) is 2.70. The SMILES string of the molecule is CC(C)NCc1ccc2c(c1)SC(C)C(=O)N2C. The van der Waals surface area contributed by atoms with Crippen molar-refractivity contribution in [3.05, 3.63) is 23.8 Å². The molecular formula is C14H20N2OS. The Morgan fingerprint density at radius 2 is 2.17 bits per heavy atom. The fourth-order valence-electron chi connectivity index (χ4n) is 1.99. The minimum atomic E-state index is 0.0100. The summed E-state index contributed by atoms with van der Waals surface area (Å²) in [5, 5.41) is 3.42. The predicted molar refractivity (Wildman–Crippen MR) is 77.1 cm³/mol. The smallest absolute Gasteiger partial charge is 0.239 e. The van der Waals surface area contributed by atoms with Crippen molar-refractivity contribution in [2.75, 3.05) is 11.9 Å². The van der Waals surface area contributed by atoms with Crippen molar-refractivity contribution in [2.24, 2.45) is 0 Å². The highest BCUT2D eigenvalue weighted by atomic mass is 32.2. The minimum absolute atomic E-state index is 0.0100. The molecule has 18 heavy (non-hydrogen) atoms. The molecule has 0 fully saturated rings. The van der Waals surface area contributed by atoms with E-state index >= 15 is 0 Å². The molecule has 0 aliphatic carbocycles. The van der Waals surface area contributed by atoms with Gasteiger partial charge in [-0.05, 0) is 24.6 Å². The van der Waals surface area contributed by atoms with E-state index in [1.807, 2.05) is 20.0 Å². The van der Waals surface area contributed by atoms with Gasteiger partial charge in [-0.1, -0.05) is 19.9 Å². The summed E-state index contributed by atoms with van der Waals surface area (Å²) in [5.41, 5.74) is 2.29. The Bertz CT molecular complexity index is 459. The van der Waals surface area contributed by atoms with Crippen LogP contribution in [-0.4, -0.2) is 24.2 Å². The molecule has 1 aromatic rings. The van der Waals surface area contributed by atoms with Crippen molar-refractivity contribution in [2.45, 2.75) is 43.5 Å². The van der Waals surface area contributed by atoms with Gasteiger partial charge in [0.2, 0.25) is 5.91 Å². The standard InChI is InChI=1S/C14H20N2OS/c1-9(2)15-8-11-5-6-12-13(7-11)18-10(3)14(17)16(12)4/h5-7,9-10,15H,8H2,1-4H3. The van der Waals surface area contributed by atoms with E-state index in [4.69, 9.17) is 0 Å². The lowest BCUT2D eigenvalue weighted by Crippen LogP contribution is -2.36. The van der Waals surface area contributed by atoms with E-state index in [2.05, 4.69) is 31.3 Å². The summed E-state index contributed by atoms with van der Waals surface area (Å²) in [5.74, 6) is 0.181. The Balaban J connectivity index is 2.22. The summed E-state index contributed by atoms with van der Waals surface area (Å²) >= 11 is 1.65. The van der Waals surface area contributed by atoms with Gasteiger partial charge in [0.1, 0.15) is 0 Å². The predicted octanol–water partition coefficient (Wildman–Crippen LogP) is 2.64. The van der Waals surface area contributed by atoms with Gasteiger partial charge in [0, 0.05) is 24.5 Å². The molecule has 1 N–H and O–H groups in total. The summed E-state index contributed by atoms with van der Waals surface area (Å²) in [7, 11) is 1.85. The van der Waals surface area contributed by atoms with Gasteiger partial charge in [0.15, 0.2) is 0 Å². The summed E-state index contributed by atoms with van der Waals surface area (Å²) in [6.07, 6.45) is 0. The van der Waals surface area contributed by atoms with Gasteiger partial charge in [-0.25, -0.2) is 0 Å². The first-order valence-corrected chi connectivity index (χ1v) is 7.17. The Morgan fingerprint density at radius 1 is 1.44 bits per heavy atom. The zero-order valence-corrected chi connectivity index (χ0v) is 12.2. The number of anilines is 1. The van der Waals surface area contributed by atoms with Crippen molar-refractivity contribution >= 4 is 23.4 Å². The average Bonchev–Trinajstić information content (AvgIpc) is 2.33. The molecule has 4 heteroatoms. The van der Waals surface area contributed by atoms with Gasteiger partial charge in [0.05, 0.1) is 10.9 Å². The molecule has 1 aromatic carbocycles. The fraction of sp³-hybridized carbons (Fsp3) is 0.500. The molecule has 0 aromatic heterocycles. The Morgan fingerprint density at radius 3 is 2.83 bits per heavy atom. The quantitative estimate of drug-likeness (QED) is 0.911. The van der Waals surface area contributed by atoms with Gasteiger partial charge in [-0.2, -0.15) is 0 Å². The van der Waals surface area contributed by atoms with E-state index in [9.17, 15) is 4.79 Å². The van der Waals surface area contributed by atoms with E-state index in [0.29, 0.717) is 6.04 Å². The lowest BCUT2D eigenvalue weighted by molar-refractivity contribution is -0.117. The van der Waals surface area contributed by atoms with Crippen molar-refractivity contribution in [3.63, 3.8) is 0 Å². The van der Waals surface area contributed by atoms with Crippen LogP contribution < -0.4 is 10.2 Å². The van der Waals surface area contributed by atoms with Crippen molar-refractivity contribution in [3.8, 4) is 0 Å². The van der Waals surface area contributed by atoms with Crippen LogP contribution in [-0.2, 0) is 11.3 Å². The highest BCUT2D eigenvalue weighted by Crippen LogP contribution is 2.38. The monoisotopic (exact) mass is 264 g/mol. The number of carbonyl (C=O) groups excluding carboxylic acids is 1. The number of hydrogen-bond donors (Lipinski definition) is 1. The second kappa shape index (κ2) is 5.33. The Hall–Kier alpha value is -1.00. The van der Waals surface area contributed by atoms with Crippen molar-refractivity contribution in [1.82, 2.24) is 5.32 Å². The molecule has 0 spiro atoms. The summed E-state index contributed by atoms with van der Waals surface area (Å²) < 4.78 is 0. The largest absolute Gasteiger partial charge is 0.313 e. The molecule has 0 saturated heterocycles. The lowest BCUT2D eigenvalue weighted by Gasteiger charge is -2.29. The van der Waals surface area contributed by atoms with Crippen LogP contribution in [0, 0.1) is 0 Å². The highest BCUT2D eigenvalue weighted by Gasteiger charge is 2.27. The van der Waals surface area contributed by atoms with Crippen LogP contribution in [0.1, 0.15) is 26.3 Å². The highest BCUT2D eigenvalue weighted by molar-refractivity contribution is 8.00. The Kier molecular flexibility index (Phi) is 3.97. The zero-order chi connectivity index (χ0) is 13.3. The number of benzene rings is 1. The molecule has 3 nitrogen and oxygen atoms in total. The van der Waals surface area contributed by atoms with Crippen molar-refractivity contribution < 1.29 is 4.79 Å². The molecule has 2 rings (SSSR count). The number of amides is 1. The minimum Gasteiger partial charge on any atom is -0.313 e. The van der Waals surface area contributed by atoms with Gasteiger partial charge < -0.3 is 10.2 Å². The normalized spacial score (nSPS) is 19.3. The second-order valence-electron chi connectivity index (χ2n) is 5.00. The number of rotatable bonds is 3. The maximum atomic E-state index is 11.9. The van der Waals surface area contributed by atoms with Crippen LogP contribution in [0.25, 0.3) is 0 Å². The van der Waals surface area contributed by atoms with Crippen LogP contribution in [0.3, 0.4) is 0 Å². The third-order valence-corrected chi connectivity index (χ3v) is 4.22. The number of carbonyl (C=O) groups is 1. The van der Waals surface area contributed by atoms with E-state index in [1.165, 1.54) is 10.5 Å². The van der Waals surface area contributed by atoms with Crippen LogP contribution in [0.15, 0.2) is 23.1 Å². The molecule has 98 valence electrons. The number of hydrogen-bond acceptors (Lipinski definition) is 3. The summed E-state index contributed by atoms with van der Waals surface area (Å²) in [6.45, 7) is 7.12. The Labute approximate surface area is 113 Å². The maximum absolute atomic E-state index is 11.9. The first-order chi connectivity index (χ1) is 8.49. The lowest BCUT2D eigenvalue weighted by atomic mass is 10.1. The molecular weight excluding hydrogens is 244 g/mol. The van der Waals surface area contributed by atoms with Gasteiger partial charge in [-0.15, -0.1) is 11.8 Å². The summed E-state index contributed by atoms with van der Waals surface area (Å²) in [6, 6.07) is 6.81.